The molecule has 0 unspecified atom stereocenters. The largest absolute Gasteiger partial charge is 0.489 e. The Labute approximate surface area is 211 Å². The van der Waals surface area contributed by atoms with Crippen molar-refractivity contribution < 1.29 is 9.53 Å². The Balaban J connectivity index is 1.30. The van der Waals surface area contributed by atoms with Crippen LogP contribution in [0.3, 0.4) is 0 Å². The Morgan fingerprint density at radius 1 is 0.889 bits per heavy atom. The molecule has 4 aromatic rings. The summed E-state index contributed by atoms with van der Waals surface area (Å²) in [6.45, 7) is 4.66. The maximum absolute atomic E-state index is 11.4. The molecule has 8 nitrogen and oxygen atoms in total. The number of carbonyl (C=O) groups excluding carboxylic acids is 1. The van der Waals surface area contributed by atoms with Crippen LogP contribution in [-0.4, -0.2) is 27.4 Å². The number of nitrogens with zero attached hydrogens (tertiary/aromatic N) is 3. The number of amides is 1. The van der Waals surface area contributed by atoms with E-state index in [-0.39, 0.29) is 5.91 Å². The van der Waals surface area contributed by atoms with E-state index in [1.54, 1.807) is 0 Å². The molecule has 1 aromatic heterocycles. The third-order valence-corrected chi connectivity index (χ3v) is 5.58. The summed E-state index contributed by atoms with van der Waals surface area (Å²) >= 11 is 0. The van der Waals surface area contributed by atoms with Crippen molar-refractivity contribution in [3.05, 3.63) is 95.8 Å². The number of hydrogen-bond acceptors (Lipinski definition) is 7. The molecular formula is C28H30N6O2. The first kappa shape index (κ1) is 24.7. The Hall–Kier alpha value is -4.46. The lowest BCUT2D eigenvalue weighted by atomic mass is 10.1. The lowest BCUT2D eigenvalue weighted by molar-refractivity contribution is -0.114. The van der Waals surface area contributed by atoms with E-state index in [0.717, 1.165) is 41.1 Å². The second-order valence-electron chi connectivity index (χ2n) is 8.33. The highest BCUT2D eigenvalue weighted by Crippen LogP contribution is 2.25. The summed E-state index contributed by atoms with van der Waals surface area (Å²) in [6, 6.07) is 23.9. The van der Waals surface area contributed by atoms with Crippen LogP contribution in [0.5, 0.6) is 5.75 Å². The molecule has 1 amide bonds. The Morgan fingerprint density at radius 3 is 2.47 bits per heavy atom. The van der Waals surface area contributed by atoms with Gasteiger partial charge in [0, 0.05) is 24.8 Å². The van der Waals surface area contributed by atoms with E-state index in [2.05, 4.69) is 49.1 Å². The van der Waals surface area contributed by atoms with Crippen LogP contribution in [0.4, 0.5) is 23.3 Å². The van der Waals surface area contributed by atoms with Gasteiger partial charge in [-0.25, -0.2) is 9.97 Å². The summed E-state index contributed by atoms with van der Waals surface area (Å²) in [5, 5.41) is 9.30. The van der Waals surface area contributed by atoms with Crippen LogP contribution in [0, 0.1) is 6.92 Å². The molecule has 0 aliphatic carbocycles. The summed E-state index contributed by atoms with van der Waals surface area (Å²) < 4.78 is 6.07. The molecule has 184 valence electrons. The average Bonchev–Trinajstić information content (AvgIpc) is 2.89. The minimum atomic E-state index is -0.118. The highest BCUT2D eigenvalue weighted by Gasteiger charge is 2.08. The van der Waals surface area contributed by atoms with Crippen LogP contribution in [0.25, 0.3) is 0 Å². The van der Waals surface area contributed by atoms with Gasteiger partial charge >= 0.3 is 0 Å². The SMILES string of the molecule is CC(=O)Nc1cccc(Nc2ncnc(NCCCc3ccccc3OCc3ccccc3)n2)c1C. The van der Waals surface area contributed by atoms with Gasteiger partial charge in [0.15, 0.2) is 0 Å². The number of carbonyl (C=O) groups is 1. The fourth-order valence-electron chi connectivity index (χ4n) is 3.72. The van der Waals surface area contributed by atoms with Crippen molar-refractivity contribution in [2.45, 2.75) is 33.3 Å². The number of ether oxygens (including phenoxy) is 1. The third kappa shape index (κ3) is 7.02. The molecule has 0 saturated heterocycles. The van der Waals surface area contributed by atoms with Crippen LogP contribution >= 0.6 is 0 Å². The fraction of sp³-hybridized carbons (Fsp3) is 0.214. The van der Waals surface area contributed by atoms with Crippen LogP contribution in [0.2, 0.25) is 0 Å². The van der Waals surface area contributed by atoms with Gasteiger partial charge in [-0.2, -0.15) is 4.98 Å². The van der Waals surface area contributed by atoms with E-state index >= 15 is 0 Å². The van der Waals surface area contributed by atoms with Crippen molar-refractivity contribution in [2.24, 2.45) is 0 Å². The molecule has 0 radical (unpaired) electrons. The van der Waals surface area contributed by atoms with Crippen molar-refractivity contribution in [3.63, 3.8) is 0 Å². The van der Waals surface area contributed by atoms with Gasteiger partial charge in [-0.05, 0) is 54.7 Å². The summed E-state index contributed by atoms with van der Waals surface area (Å²) in [5.74, 6) is 1.71. The number of para-hydroxylation sites is 1. The molecule has 0 atom stereocenters. The molecule has 4 rings (SSSR count). The monoisotopic (exact) mass is 482 g/mol. The van der Waals surface area contributed by atoms with E-state index in [1.165, 1.54) is 18.8 Å². The lowest BCUT2D eigenvalue weighted by Gasteiger charge is -2.13. The molecule has 0 bridgehead atoms. The van der Waals surface area contributed by atoms with Gasteiger partial charge < -0.3 is 20.7 Å². The minimum absolute atomic E-state index is 0.118. The molecule has 0 aliphatic rings. The van der Waals surface area contributed by atoms with Crippen molar-refractivity contribution in [1.82, 2.24) is 15.0 Å². The van der Waals surface area contributed by atoms with Crippen LogP contribution in [0.15, 0.2) is 79.1 Å². The number of aryl methyl sites for hydroxylation is 1. The first-order chi connectivity index (χ1) is 17.6. The maximum Gasteiger partial charge on any atom is 0.232 e. The number of nitrogens with one attached hydrogen (secondary N) is 3. The van der Waals surface area contributed by atoms with Crippen LogP contribution < -0.4 is 20.7 Å². The van der Waals surface area contributed by atoms with E-state index < -0.39 is 0 Å². The van der Waals surface area contributed by atoms with E-state index in [0.29, 0.717) is 25.0 Å². The molecule has 1 heterocycles. The summed E-state index contributed by atoms with van der Waals surface area (Å²) in [4.78, 5) is 24.3. The summed E-state index contributed by atoms with van der Waals surface area (Å²) in [7, 11) is 0. The van der Waals surface area contributed by atoms with E-state index in [1.807, 2.05) is 61.5 Å². The van der Waals surface area contributed by atoms with Crippen molar-refractivity contribution in [2.75, 3.05) is 22.5 Å². The molecule has 0 spiro atoms. The lowest BCUT2D eigenvalue weighted by Crippen LogP contribution is -2.10. The molecular weight excluding hydrogens is 452 g/mol. The fourth-order valence-corrected chi connectivity index (χ4v) is 3.72. The van der Waals surface area contributed by atoms with Crippen molar-refractivity contribution in [3.8, 4) is 5.75 Å². The topological polar surface area (TPSA) is 101 Å². The van der Waals surface area contributed by atoms with E-state index in [9.17, 15) is 4.79 Å². The highest BCUT2D eigenvalue weighted by atomic mass is 16.5. The molecule has 0 aliphatic heterocycles. The molecule has 3 aromatic carbocycles. The molecule has 0 fully saturated rings. The Morgan fingerprint density at radius 2 is 1.64 bits per heavy atom. The molecule has 36 heavy (non-hydrogen) atoms. The van der Waals surface area contributed by atoms with Crippen LogP contribution in [-0.2, 0) is 17.8 Å². The number of anilines is 4. The minimum Gasteiger partial charge on any atom is -0.489 e. The number of hydrogen-bond donors (Lipinski definition) is 3. The average molecular weight is 483 g/mol. The first-order valence-corrected chi connectivity index (χ1v) is 11.9. The highest BCUT2D eigenvalue weighted by molar-refractivity contribution is 5.90. The van der Waals surface area contributed by atoms with Gasteiger partial charge in [0.25, 0.3) is 0 Å². The predicted octanol–water partition coefficient (Wildman–Crippen LogP) is 5.51. The zero-order valence-electron chi connectivity index (χ0n) is 20.5. The van der Waals surface area contributed by atoms with Gasteiger partial charge in [0.2, 0.25) is 17.8 Å². The smallest absolute Gasteiger partial charge is 0.232 e. The number of benzene rings is 3. The quantitative estimate of drug-likeness (QED) is 0.242. The summed E-state index contributed by atoms with van der Waals surface area (Å²) in [6.07, 6.45) is 3.22. The Bertz CT molecular complexity index is 1300. The maximum atomic E-state index is 11.4. The number of aromatic nitrogens is 3. The molecule has 0 saturated carbocycles. The van der Waals surface area contributed by atoms with Crippen molar-refractivity contribution in [1.29, 1.82) is 0 Å². The Kier molecular flexibility index (Phi) is 8.43. The molecule has 8 heteroatoms. The van der Waals surface area contributed by atoms with Gasteiger partial charge in [-0.3, -0.25) is 4.79 Å². The summed E-state index contributed by atoms with van der Waals surface area (Å²) in [5.41, 5.74) is 4.77. The zero-order valence-corrected chi connectivity index (χ0v) is 20.5. The van der Waals surface area contributed by atoms with Crippen LogP contribution in [0.1, 0.15) is 30.0 Å². The van der Waals surface area contributed by atoms with Gasteiger partial charge in [0.1, 0.15) is 18.7 Å². The number of rotatable bonds is 11. The first-order valence-electron chi connectivity index (χ1n) is 11.9. The second kappa shape index (κ2) is 12.3. The molecule has 3 N–H and O–H groups in total. The van der Waals surface area contributed by atoms with E-state index in [4.69, 9.17) is 4.74 Å². The van der Waals surface area contributed by atoms with Gasteiger partial charge in [-0.1, -0.05) is 54.6 Å². The third-order valence-electron chi connectivity index (χ3n) is 5.58. The second-order valence-corrected chi connectivity index (χ2v) is 8.33. The predicted molar refractivity (Wildman–Crippen MR) is 143 cm³/mol. The zero-order chi connectivity index (χ0) is 25.2. The normalized spacial score (nSPS) is 10.5. The van der Waals surface area contributed by atoms with Crippen molar-refractivity contribution >= 4 is 29.2 Å². The van der Waals surface area contributed by atoms with Gasteiger partial charge in [0.05, 0.1) is 0 Å². The standard InChI is InChI=1S/C28H30N6O2/c1-20-24(32-21(2)35)14-8-15-25(20)33-28-31-19-30-27(34-28)29-17-9-13-23-12-6-7-16-26(23)36-18-22-10-4-3-5-11-22/h3-8,10-12,14-16,19H,9,13,17-18H2,1-2H3,(H,32,35)(H2,29,30,31,33,34). The van der Waals surface area contributed by atoms with Gasteiger partial charge in [-0.15, -0.1) is 0 Å².